The predicted molar refractivity (Wildman–Crippen MR) is 126 cm³/mol. The van der Waals surface area contributed by atoms with Crippen LogP contribution in [0.3, 0.4) is 0 Å². The highest BCUT2D eigenvalue weighted by atomic mass is 32.2. The Labute approximate surface area is 190 Å². The maximum Gasteiger partial charge on any atom is 0.283 e. The van der Waals surface area contributed by atoms with Gasteiger partial charge in [0.25, 0.3) is 5.91 Å². The molecule has 2 aromatic carbocycles. The van der Waals surface area contributed by atoms with Crippen LogP contribution < -0.4 is 4.74 Å². The molecule has 0 saturated heterocycles. The number of amides is 1. The molecule has 0 unspecified atom stereocenters. The molecule has 0 spiro atoms. The van der Waals surface area contributed by atoms with Gasteiger partial charge >= 0.3 is 0 Å². The van der Waals surface area contributed by atoms with Gasteiger partial charge in [0.1, 0.15) is 17.7 Å². The molecule has 0 fully saturated rings. The van der Waals surface area contributed by atoms with E-state index in [0.29, 0.717) is 11.3 Å². The van der Waals surface area contributed by atoms with E-state index < -0.39 is 15.7 Å². The molecule has 1 N–H and O–H groups in total. The number of sulfone groups is 1. The lowest BCUT2D eigenvalue weighted by molar-refractivity contribution is -0.114. The number of carbonyl (C=O) groups excluding carboxylic acids is 1. The minimum Gasteiger partial charge on any atom is -0.486 e. The van der Waals surface area contributed by atoms with Crippen LogP contribution in [0.15, 0.2) is 69.6 Å². The number of carbonyl (C=O) groups is 1. The fourth-order valence-corrected chi connectivity index (χ4v) is 5.10. The number of rotatable bonds is 5. The Morgan fingerprint density at radius 1 is 1.16 bits per heavy atom. The number of nitrogens with one attached hydrogen (secondary N) is 1. The van der Waals surface area contributed by atoms with Crippen molar-refractivity contribution in [3.63, 3.8) is 0 Å². The predicted octanol–water partition coefficient (Wildman–Crippen LogP) is 3.84. The van der Waals surface area contributed by atoms with Gasteiger partial charge in [-0.1, -0.05) is 49.4 Å². The van der Waals surface area contributed by atoms with Gasteiger partial charge in [0.15, 0.2) is 0 Å². The van der Waals surface area contributed by atoms with E-state index in [1.165, 1.54) is 13.0 Å². The number of aliphatic imine (C=N–C) groups is 1. The van der Waals surface area contributed by atoms with Crippen molar-refractivity contribution in [2.45, 2.75) is 20.0 Å². The van der Waals surface area contributed by atoms with Crippen LogP contribution in [0.2, 0.25) is 0 Å². The molecule has 2 aliphatic heterocycles. The van der Waals surface area contributed by atoms with Crippen molar-refractivity contribution in [2.24, 2.45) is 9.39 Å². The zero-order valence-corrected chi connectivity index (χ0v) is 19.0. The van der Waals surface area contributed by atoms with Crippen molar-refractivity contribution in [3.05, 3.63) is 71.3 Å². The Morgan fingerprint density at radius 2 is 1.84 bits per heavy atom. The number of amidine groups is 3. The first-order valence-corrected chi connectivity index (χ1v) is 12.3. The highest BCUT2D eigenvalue weighted by molar-refractivity contribution is 8.16. The Balaban J connectivity index is 1.55. The minimum absolute atomic E-state index is 0.0124. The molecule has 1 atom stereocenters. The van der Waals surface area contributed by atoms with Crippen molar-refractivity contribution < 1.29 is 17.9 Å². The Bertz CT molecular complexity index is 1270. The second-order valence-electron chi connectivity index (χ2n) is 7.05. The summed E-state index contributed by atoms with van der Waals surface area (Å²) >= 11 is 0.778. The van der Waals surface area contributed by atoms with Crippen LogP contribution in [0.25, 0.3) is 6.08 Å². The van der Waals surface area contributed by atoms with Crippen LogP contribution in [0.4, 0.5) is 0 Å². The SMILES string of the molecule is CCS(=O)(=O)C1=NSC2=NC(=O)/C(=C\c3ccc(O[C@@H](C)c4ccccc4)cc3)C(=N)N21. The average Bonchev–Trinajstić information content (AvgIpc) is 3.23. The van der Waals surface area contributed by atoms with Crippen LogP contribution in [-0.2, 0) is 14.6 Å². The van der Waals surface area contributed by atoms with Gasteiger partial charge in [0, 0.05) is 0 Å². The lowest BCUT2D eigenvalue weighted by Gasteiger charge is -2.24. The second kappa shape index (κ2) is 8.71. The third kappa shape index (κ3) is 4.23. The van der Waals surface area contributed by atoms with Gasteiger partial charge in [0.2, 0.25) is 20.2 Å². The summed E-state index contributed by atoms with van der Waals surface area (Å²) in [6.45, 7) is 3.45. The van der Waals surface area contributed by atoms with Crippen molar-refractivity contribution in [1.82, 2.24) is 4.90 Å². The Morgan fingerprint density at radius 3 is 2.50 bits per heavy atom. The summed E-state index contributed by atoms with van der Waals surface area (Å²) < 4.78 is 34.5. The first-order valence-electron chi connectivity index (χ1n) is 9.83. The number of hydrogen-bond donors (Lipinski definition) is 1. The third-order valence-corrected chi connectivity index (χ3v) is 7.33. The Hall–Kier alpha value is -3.24. The molecule has 2 heterocycles. The van der Waals surface area contributed by atoms with E-state index in [1.54, 1.807) is 24.3 Å². The molecule has 0 aliphatic carbocycles. The average molecular weight is 469 g/mol. The van der Waals surface area contributed by atoms with E-state index in [4.69, 9.17) is 10.1 Å². The maximum absolute atomic E-state index is 12.5. The topological polar surface area (TPSA) is 112 Å². The number of fused-ring (bicyclic) bond motifs is 1. The normalized spacial score (nSPS) is 18.3. The van der Waals surface area contributed by atoms with Gasteiger partial charge < -0.3 is 4.74 Å². The van der Waals surface area contributed by atoms with E-state index >= 15 is 0 Å². The summed E-state index contributed by atoms with van der Waals surface area (Å²) in [5, 5.41) is 8.24. The van der Waals surface area contributed by atoms with Crippen LogP contribution in [0, 0.1) is 5.41 Å². The van der Waals surface area contributed by atoms with Crippen LogP contribution in [-0.4, -0.2) is 41.1 Å². The van der Waals surface area contributed by atoms with Gasteiger partial charge in [-0.25, -0.2) is 13.3 Å². The van der Waals surface area contributed by atoms with Crippen LogP contribution in [0.1, 0.15) is 31.1 Å². The molecule has 32 heavy (non-hydrogen) atoms. The Kier molecular flexibility index (Phi) is 5.98. The summed E-state index contributed by atoms with van der Waals surface area (Å²) in [5.74, 6) is -0.386. The zero-order valence-electron chi connectivity index (χ0n) is 17.3. The lowest BCUT2D eigenvalue weighted by Crippen LogP contribution is -2.45. The highest BCUT2D eigenvalue weighted by Crippen LogP contribution is 2.30. The molecular formula is C22H20N4O4S2. The molecule has 1 amide bonds. The van der Waals surface area contributed by atoms with Gasteiger partial charge in [-0.15, -0.1) is 0 Å². The first kappa shape index (κ1) is 22.0. The molecule has 0 radical (unpaired) electrons. The molecule has 2 aromatic rings. The molecule has 0 aromatic heterocycles. The molecule has 4 rings (SSSR count). The second-order valence-corrected chi connectivity index (χ2v) is 9.95. The van der Waals surface area contributed by atoms with Crippen molar-refractivity contribution in [1.29, 1.82) is 5.41 Å². The van der Waals surface area contributed by atoms with Gasteiger partial charge in [0.05, 0.1) is 23.3 Å². The first-order chi connectivity index (χ1) is 15.3. The zero-order chi connectivity index (χ0) is 22.9. The summed E-state index contributed by atoms with van der Waals surface area (Å²) in [4.78, 5) is 17.5. The van der Waals surface area contributed by atoms with E-state index in [1.807, 2.05) is 37.3 Å². The number of ether oxygens (including phenoxy) is 1. The van der Waals surface area contributed by atoms with Crippen LogP contribution >= 0.6 is 11.9 Å². The molecule has 8 nitrogen and oxygen atoms in total. The van der Waals surface area contributed by atoms with Crippen molar-refractivity contribution in [2.75, 3.05) is 5.75 Å². The van der Waals surface area contributed by atoms with Crippen molar-refractivity contribution in [3.8, 4) is 5.75 Å². The van der Waals surface area contributed by atoms with E-state index in [9.17, 15) is 13.2 Å². The van der Waals surface area contributed by atoms with E-state index in [0.717, 1.165) is 22.4 Å². The minimum atomic E-state index is -3.68. The number of nitrogens with zero attached hydrogens (tertiary/aromatic N) is 3. The van der Waals surface area contributed by atoms with Gasteiger partial charge in [-0.3, -0.25) is 10.2 Å². The molecule has 0 bridgehead atoms. The number of hydrogen-bond acceptors (Lipinski definition) is 7. The fourth-order valence-electron chi connectivity index (χ4n) is 3.13. The van der Waals surface area contributed by atoms with E-state index in [2.05, 4.69) is 9.39 Å². The smallest absolute Gasteiger partial charge is 0.283 e. The monoisotopic (exact) mass is 468 g/mol. The quantitative estimate of drug-likeness (QED) is 0.527. The summed E-state index contributed by atoms with van der Waals surface area (Å²) in [6.07, 6.45) is 1.38. The van der Waals surface area contributed by atoms with Gasteiger partial charge in [-0.05, 0) is 36.3 Å². The number of benzene rings is 2. The maximum atomic E-state index is 12.5. The third-order valence-electron chi connectivity index (χ3n) is 4.93. The standard InChI is InChI=1S/C22H20N4O4S2/c1-3-32(28,29)22-25-31-21-24-20(27)18(19(23)26(21)22)13-15-9-11-17(12-10-15)30-14(2)16-7-5-4-6-8-16/h4-14,23H,3H2,1-2H3/b18-13-,23-19?/t14-/m0/s1. The fraction of sp³-hybridized carbons (Fsp3) is 0.182. The molecule has 0 saturated carbocycles. The lowest BCUT2D eigenvalue weighted by atomic mass is 10.1. The molecule has 2 aliphatic rings. The highest BCUT2D eigenvalue weighted by Gasteiger charge is 2.42. The van der Waals surface area contributed by atoms with E-state index in [-0.39, 0.29) is 33.6 Å². The molecular weight excluding hydrogens is 448 g/mol. The van der Waals surface area contributed by atoms with Gasteiger partial charge in [-0.2, -0.15) is 9.39 Å². The summed E-state index contributed by atoms with van der Waals surface area (Å²) in [5.41, 5.74) is 1.69. The summed E-state index contributed by atoms with van der Waals surface area (Å²) in [7, 11) is -3.68. The largest absolute Gasteiger partial charge is 0.486 e. The van der Waals surface area contributed by atoms with Crippen LogP contribution in [0.5, 0.6) is 5.75 Å². The molecule has 10 heteroatoms. The summed E-state index contributed by atoms with van der Waals surface area (Å²) in [6, 6.07) is 16.9. The van der Waals surface area contributed by atoms with Crippen molar-refractivity contribution >= 4 is 49.9 Å². The molecule has 164 valence electrons.